The molecule has 0 N–H and O–H groups in total. The number of carbonyl (C=O) groups excluding carboxylic acids is 1. The second kappa shape index (κ2) is 8.65. The van der Waals surface area contributed by atoms with Crippen molar-refractivity contribution in [2.75, 3.05) is 19.7 Å². The van der Waals surface area contributed by atoms with Gasteiger partial charge >= 0.3 is 0 Å². The number of piperazine rings is 1. The predicted octanol–water partition coefficient (Wildman–Crippen LogP) is 3.60. The van der Waals surface area contributed by atoms with Crippen LogP contribution in [-0.2, 0) is 11.3 Å². The number of carbonyl (C=O) groups is 1. The summed E-state index contributed by atoms with van der Waals surface area (Å²) in [4.78, 5) is 16.5. The molecule has 1 saturated heterocycles. The normalized spacial score (nSPS) is 20.2. The van der Waals surface area contributed by atoms with Crippen molar-refractivity contribution in [2.24, 2.45) is 0 Å². The zero-order valence-corrected chi connectivity index (χ0v) is 15.9. The van der Waals surface area contributed by atoms with Gasteiger partial charge in [-0.1, -0.05) is 18.2 Å². The molecule has 1 amide bonds. The highest BCUT2D eigenvalue weighted by atomic mass is 19.2. The summed E-state index contributed by atoms with van der Waals surface area (Å²) < 4.78 is 45.2. The molecule has 0 unspecified atom stereocenters. The van der Waals surface area contributed by atoms with Gasteiger partial charge in [-0.15, -0.1) is 0 Å². The lowest BCUT2D eigenvalue weighted by Crippen LogP contribution is -2.58. The Labute approximate surface area is 162 Å². The van der Waals surface area contributed by atoms with E-state index in [9.17, 15) is 18.0 Å². The number of hydrogen-bond acceptors (Lipinski definition) is 3. The molecule has 0 saturated carbocycles. The van der Waals surface area contributed by atoms with Crippen molar-refractivity contribution in [2.45, 2.75) is 32.5 Å². The number of halogens is 3. The third kappa shape index (κ3) is 4.65. The predicted molar refractivity (Wildman–Crippen MR) is 99.3 cm³/mol. The highest BCUT2D eigenvalue weighted by Crippen LogP contribution is 2.21. The molecular weight excluding hydrogens is 369 g/mol. The van der Waals surface area contributed by atoms with Gasteiger partial charge in [0.2, 0.25) is 5.82 Å². The minimum atomic E-state index is -1.10. The summed E-state index contributed by atoms with van der Waals surface area (Å²) in [5.74, 6) is -2.93. The van der Waals surface area contributed by atoms with Crippen molar-refractivity contribution < 1.29 is 22.7 Å². The van der Waals surface area contributed by atoms with Gasteiger partial charge in [0.1, 0.15) is 5.82 Å². The average molecular weight is 392 g/mol. The zero-order chi connectivity index (χ0) is 20.3. The van der Waals surface area contributed by atoms with Crippen molar-refractivity contribution in [3.05, 3.63) is 65.5 Å². The maximum absolute atomic E-state index is 13.7. The lowest BCUT2D eigenvalue weighted by atomic mass is 10.1. The Bertz CT molecular complexity index is 829. The van der Waals surface area contributed by atoms with Crippen LogP contribution >= 0.6 is 0 Å². The lowest BCUT2D eigenvalue weighted by Gasteiger charge is -2.44. The molecule has 4 nitrogen and oxygen atoms in total. The third-order valence-corrected chi connectivity index (χ3v) is 5.00. The molecule has 150 valence electrons. The first kappa shape index (κ1) is 20.2. The molecule has 2 atom stereocenters. The first-order valence-electron chi connectivity index (χ1n) is 9.20. The van der Waals surface area contributed by atoms with E-state index in [4.69, 9.17) is 4.74 Å². The van der Waals surface area contributed by atoms with E-state index in [-0.39, 0.29) is 36.2 Å². The number of hydrogen-bond donors (Lipinski definition) is 0. The minimum absolute atomic E-state index is 0.0647. The van der Waals surface area contributed by atoms with Crippen LogP contribution in [0.2, 0.25) is 0 Å². The largest absolute Gasteiger partial charge is 0.481 e. The Balaban J connectivity index is 1.57. The van der Waals surface area contributed by atoms with Gasteiger partial charge in [0.05, 0.1) is 0 Å². The van der Waals surface area contributed by atoms with Crippen LogP contribution in [0.5, 0.6) is 5.75 Å². The molecule has 0 radical (unpaired) electrons. The molecule has 7 heteroatoms. The first-order valence-corrected chi connectivity index (χ1v) is 9.20. The van der Waals surface area contributed by atoms with E-state index in [2.05, 4.69) is 4.90 Å². The van der Waals surface area contributed by atoms with E-state index < -0.39 is 11.6 Å². The second-order valence-electron chi connectivity index (χ2n) is 7.14. The molecule has 2 aromatic carbocycles. The highest BCUT2D eigenvalue weighted by Gasteiger charge is 2.32. The standard InChI is InChI=1S/C21H23F3N2O2/c1-14-11-26(20(27)13-28-19-5-3-4-18(23)21(19)24)15(2)10-25(14)12-16-6-8-17(22)9-7-16/h3-9,14-15H,10-13H2,1-2H3/t14-,15+/m0/s1. The van der Waals surface area contributed by atoms with Crippen molar-refractivity contribution in [3.8, 4) is 5.75 Å². The molecule has 0 spiro atoms. The lowest BCUT2D eigenvalue weighted by molar-refractivity contribution is -0.139. The van der Waals surface area contributed by atoms with Gasteiger partial charge in [-0.3, -0.25) is 9.69 Å². The molecule has 2 aromatic rings. The molecule has 1 aliphatic heterocycles. The van der Waals surface area contributed by atoms with Gasteiger partial charge in [-0.05, 0) is 43.7 Å². The molecule has 3 rings (SSSR count). The molecule has 28 heavy (non-hydrogen) atoms. The fraction of sp³-hybridized carbons (Fsp3) is 0.381. The SMILES string of the molecule is C[C@@H]1CN(Cc2ccc(F)cc2)[C@@H](C)CN1C(=O)COc1cccc(F)c1F. The number of amides is 1. The van der Waals surface area contributed by atoms with Gasteiger partial charge in [0.25, 0.3) is 5.91 Å². The van der Waals surface area contributed by atoms with E-state index in [1.165, 1.54) is 24.3 Å². The maximum Gasteiger partial charge on any atom is 0.260 e. The van der Waals surface area contributed by atoms with Crippen LogP contribution in [0.3, 0.4) is 0 Å². The van der Waals surface area contributed by atoms with E-state index in [1.807, 2.05) is 13.8 Å². The number of nitrogens with zero attached hydrogens (tertiary/aromatic N) is 2. The van der Waals surface area contributed by atoms with Gasteiger partial charge in [-0.2, -0.15) is 4.39 Å². The van der Waals surface area contributed by atoms with Crippen LogP contribution in [0.15, 0.2) is 42.5 Å². The van der Waals surface area contributed by atoms with E-state index in [1.54, 1.807) is 17.0 Å². The maximum atomic E-state index is 13.7. The van der Waals surface area contributed by atoms with Crippen LogP contribution in [0.4, 0.5) is 13.2 Å². The molecule has 0 aliphatic carbocycles. The number of rotatable bonds is 5. The quantitative estimate of drug-likeness (QED) is 0.780. The fourth-order valence-electron chi connectivity index (χ4n) is 3.41. The van der Waals surface area contributed by atoms with Crippen LogP contribution in [0.1, 0.15) is 19.4 Å². The summed E-state index contributed by atoms with van der Waals surface area (Å²) in [7, 11) is 0. The van der Waals surface area contributed by atoms with Gasteiger partial charge in [0, 0.05) is 31.7 Å². The van der Waals surface area contributed by atoms with Crippen molar-refractivity contribution in [3.63, 3.8) is 0 Å². The van der Waals surface area contributed by atoms with Crippen LogP contribution in [0.25, 0.3) is 0 Å². The van der Waals surface area contributed by atoms with Gasteiger partial charge < -0.3 is 9.64 Å². The fourth-order valence-corrected chi connectivity index (χ4v) is 3.41. The van der Waals surface area contributed by atoms with Gasteiger partial charge in [-0.25, -0.2) is 8.78 Å². The zero-order valence-electron chi connectivity index (χ0n) is 15.9. The van der Waals surface area contributed by atoms with Crippen LogP contribution in [-0.4, -0.2) is 47.5 Å². The summed E-state index contributed by atoms with van der Waals surface area (Å²) >= 11 is 0. The van der Waals surface area contributed by atoms with E-state index in [0.717, 1.165) is 11.6 Å². The topological polar surface area (TPSA) is 32.8 Å². The molecule has 0 aromatic heterocycles. The summed E-state index contributed by atoms with van der Waals surface area (Å²) in [5.41, 5.74) is 1.00. The smallest absolute Gasteiger partial charge is 0.260 e. The van der Waals surface area contributed by atoms with Crippen molar-refractivity contribution >= 4 is 5.91 Å². The van der Waals surface area contributed by atoms with E-state index in [0.29, 0.717) is 19.6 Å². The van der Waals surface area contributed by atoms with E-state index >= 15 is 0 Å². The summed E-state index contributed by atoms with van der Waals surface area (Å²) in [6.45, 7) is 5.41. The highest BCUT2D eigenvalue weighted by molar-refractivity contribution is 5.78. The molecular formula is C21H23F3N2O2. The van der Waals surface area contributed by atoms with Crippen LogP contribution < -0.4 is 4.74 Å². The second-order valence-corrected chi connectivity index (χ2v) is 7.14. The Kier molecular flexibility index (Phi) is 6.24. The third-order valence-electron chi connectivity index (χ3n) is 5.00. The molecule has 1 aliphatic rings. The summed E-state index contributed by atoms with van der Waals surface area (Å²) in [6, 6.07) is 10.0. The Morgan fingerprint density at radius 3 is 2.46 bits per heavy atom. The monoisotopic (exact) mass is 392 g/mol. The van der Waals surface area contributed by atoms with Gasteiger partial charge in [0.15, 0.2) is 18.2 Å². The molecule has 1 heterocycles. The van der Waals surface area contributed by atoms with Crippen LogP contribution in [0, 0.1) is 17.5 Å². The Morgan fingerprint density at radius 2 is 1.75 bits per heavy atom. The minimum Gasteiger partial charge on any atom is -0.481 e. The summed E-state index contributed by atoms with van der Waals surface area (Å²) in [6.07, 6.45) is 0. The summed E-state index contributed by atoms with van der Waals surface area (Å²) in [5, 5.41) is 0. The molecule has 1 fully saturated rings. The first-order chi connectivity index (χ1) is 13.3. The number of benzene rings is 2. The van der Waals surface area contributed by atoms with Crippen molar-refractivity contribution in [1.29, 1.82) is 0 Å². The Morgan fingerprint density at radius 1 is 1.04 bits per heavy atom. The average Bonchev–Trinajstić information content (AvgIpc) is 2.67. The van der Waals surface area contributed by atoms with Crippen molar-refractivity contribution in [1.82, 2.24) is 9.80 Å². The molecule has 0 bridgehead atoms. The Hall–Kier alpha value is -2.54. The number of ether oxygens (including phenoxy) is 1.